The zero-order valence-electron chi connectivity index (χ0n) is 15.7. The Morgan fingerprint density at radius 3 is 2.50 bits per heavy atom. The van der Waals surface area contributed by atoms with Gasteiger partial charge in [-0.05, 0) is 49.8 Å². The van der Waals surface area contributed by atoms with Gasteiger partial charge in [-0.15, -0.1) is 0 Å². The van der Waals surface area contributed by atoms with Crippen LogP contribution in [0, 0.1) is 0 Å². The predicted octanol–water partition coefficient (Wildman–Crippen LogP) is 4.55. The quantitative estimate of drug-likeness (QED) is 0.700. The van der Waals surface area contributed by atoms with Gasteiger partial charge in [0, 0.05) is 17.1 Å². The van der Waals surface area contributed by atoms with Gasteiger partial charge in [0.05, 0.1) is 12.6 Å². The Kier molecular flexibility index (Phi) is 7.95. The lowest BCUT2D eigenvalue weighted by Gasteiger charge is -2.31. The molecule has 0 saturated carbocycles. The zero-order valence-corrected chi connectivity index (χ0v) is 16.4. The smallest absolute Gasteiger partial charge is 0.251 e. The second-order valence-electron chi connectivity index (χ2n) is 5.93. The van der Waals surface area contributed by atoms with E-state index in [1.165, 1.54) is 0 Å². The van der Waals surface area contributed by atoms with Crippen LogP contribution in [-0.4, -0.2) is 37.0 Å². The van der Waals surface area contributed by atoms with E-state index in [0.29, 0.717) is 24.5 Å². The van der Waals surface area contributed by atoms with Crippen LogP contribution in [0.4, 0.5) is 0 Å². The molecule has 140 valence electrons. The van der Waals surface area contributed by atoms with Crippen molar-refractivity contribution in [1.82, 2.24) is 10.2 Å². The number of nitrogens with zero attached hydrogens (tertiary/aromatic N) is 1. The van der Waals surface area contributed by atoms with Gasteiger partial charge in [-0.3, -0.25) is 9.69 Å². The van der Waals surface area contributed by atoms with E-state index in [-0.39, 0.29) is 11.9 Å². The summed E-state index contributed by atoms with van der Waals surface area (Å²) in [5.74, 6) is 0.585. The number of halogens is 1. The van der Waals surface area contributed by atoms with Crippen molar-refractivity contribution < 1.29 is 9.53 Å². The van der Waals surface area contributed by atoms with E-state index in [0.717, 1.165) is 23.7 Å². The van der Waals surface area contributed by atoms with Gasteiger partial charge in [0.25, 0.3) is 5.91 Å². The maximum Gasteiger partial charge on any atom is 0.251 e. The van der Waals surface area contributed by atoms with Crippen molar-refractivity contribution in [3.63, 3.8) is 0 Å². The first-order valence-electron chi connectivity index (χ1n) is 9.10. The second-order valence-corrected chi connectivity index (χ2v) is 6.34. The van der Waals surface area contributed by atoms with Crippen LogP contribution in [0.3, 0.4) is 0 Å². The summed E-state index contributed by atoms with van der Waals surface area (Å²) in [6, 6.07) is 15.1. The van der Waals surface area contributed by atoms with Gasteiger partial charge in [0.2, 0.25) is 0 Å². The molecule has 0 fully saturated rings. The maximum atomic E-state index is 12.6. The molecular weight excluding hydrogens is 348 g/mol. The number of ether oxygens (including phenoxy) is 1. The van der Waals surface area contributed by atoms with Crippen molar-refractivity contribution >= 4 is 17.5 Å². The Bertz CT molecular complexity index is 717. The number of amides is 1. The highest BCUT2D eigenvalue weighted by Crippen LogP contribution is 2.27. The lowest BCUT2D eigenvalue weighted by Crippen LogP contribution is -2.38. The van der Waals surface area contributed by atoms with Crippen LogP contribution in [0.1, 0.15) is 42.7 Å². The minimum atomic E-state index is -0.115. The fourth-order valence-corrected chi connectivity index (χ4v) is 3.29. The number of likely N-dealkylation sites (N-methyl/N-ethyl adjacent to an activating group) is 1. The van der Waals surface area contributed by atoms with E-state index >= 15 is 0 Å². The Labute approximate surface area is 161 Å². The summed E-state index contributed by atoms with van der Waals surface area (Å²) in [5.41, 5.74) is 1.62. The molecule has 1 atom stereocenters. The van der Waals surface area contributed by atoms with E-state index < -0.39 is 0 Å². The summed E-state index contributed by atoms with van der Waals surface area (Å²) < 4.78 is 5.47. The van der Waals surface area contributed by atoms with Crippen molar-refractivity contribution in [2.75, 3.05) is 26.2 Å². The number of rotatable bonds is 9. The number of hydrogen-bond donors (Lipinski definition) is 1. The van der Waals surface area contributed by atoms with E-state index in [9.17, 15) is 4.79 Å². The van der Waals surface area contributed by atoms with Crippen molar-refractivity contribution in [3.8, 4) is 5.75 Å². The highest BCUT2D eigenvalue weighted by Gasteiger charge is 2.21. The maximum absolute atomic E-state index is 12.6. The highest BCUT2D eigenvalue weighted by molar-refractivity contribution is 6.31. The van der Waals surface area contributed by atoms with Crippen LogP contribution in [0.2, 0.25) is 5.02 Å². The molecule has 0 aliphatic carbocycles. The number of nitrogens with one attached hydrogen (secondary N) is 1. The van der Waals surface area contributed by atoms with Crippen LogP contribution in [0.15, 0.2) is 48.5 Å². The van der Waals surface area contributed by atoms with Gasteiger partial charge in [0.1, 0.15) is 5.75 Å². The second kappa shape index (κ2) is 10.2. The molecule has 4 nitrogen and oxygen atoms in total. The zero-order chi connectivity index (χ0) is 18.9. The number of carbonyl (C=O) groups excluding carboxylic acids is 1. The summed E-state index contributed by atoms with van der Waals surface area (Å²) in [6.07, 6.45) is 0. The number of hydrogen-bond acceptors (Lipinski definition) is 3. The van der Waals surface area contributed by atoms with Gasteiger partial charge in [-0.1, -0.05) is 49.7 Å². The van der Waals surface area contributed by atoms with Crippen LogP contribution in [0.25, 0.3) is 0 Å². The Morgan fingerprint density at radius 2 is 1.85 bits per heavy atom. The summed E-state index contributed by atoms with van der Waals surface area (Å²) in [7, 11) is 0. The molecule has 26 heavy (non-hydrogen) atoms. The Balaban J connectivity index is 2.15. The standard InChI is InChI=1S/C21H27ClN2O2/c1-4-24(5-2)20(18-12-7-8-13-19(18)22)15-23-21(25)16-10-9-11-17(14-16)26-6-3/h7-14,20H,4-6,15H2,1-3H3,(H,23,25)/t20-/m1/s1. The highest BCUT2D eigenvalue weighted by atomic mass is 35.5. The molecule has 0 aromatic heterocycles. The van der Waals surface area contributed by atoms with Crippen LogP contribution < -0.4 is 10.1 Å². The van der Waals surface area contributed by atoms with Gasteiger partial charge in [-0.25, -0.2) is 0 Å². The number of benzene rings is 2. The third-order valence-corrected chi connectivity index (χ3v) is 4.72. The van der Waals surface area contributed by atoms with E-state index in [4.69, 9.17) is 16.3 Å². The molecule has 0 spiro atoms. The molecular formula is C21H27ClN2O2. The third kappa shape index (κ3) is 5.23. The minimum absolute atomic E-state index is 0.0257. The first kappa shape index (κ1) is 20.3. The van der Waals surface area contributed by atoms with E-state index in [1.54, 1.807) is 12.1 Å². The normalized spacial score (nSPS) is 12.0. The molecule has 2 rings (SSSR count). The molecule has 0 aliphatic rings. The first-order chi connectivity index (χ1) is 12.6. The molecule has 0 unspecified atom stereocenters. The SMILES string of the molecule is CCOc1cccc(C(=O)NC[C@H](c2ccccc2Cl)N(CC)CC)c1. The van der Waals surface area contributed by atoms with Gasteiger partial charge in [-0.2, -0.15) is 0 Å². The molecule has 0 saturated heterocycles. The van der Waals surface area contributed by atoms with Crippen molar-refractivity contribution in [2.45, 2.75) is 26.8 Å². The summed E-state index contributed by atoms with van der Waals surface area (Å²) in [6.45, 7) is 8.96. The third-order valence-electron chi connectivity index (χ3n) is 4.38. The van der Waals surface area contributed by atoms with Crippen molar-refractivity contribution in [2.24, 2.45) is 0 Å². The Hall–Kier alpha value is -2.04. The largest absolute Gasteiger partial charge is 0.494 e. The lowest BCUT2D eigenvalue weighted by atomic mass is 10.0. The van der Waals surface area contributed by atoms with Gasteiger partial charge < -0.3 is 10.1 Å². The molecule has 2 aromatic carbocycles. The van der Waals surface area contributed by atoms with Crippen molar-refractivity contribution in [3.05, 3.63) is 64.7 Å². The fourth-order valence-electron chi connectivity index (χ4n) is 3.03. The van der Waals surface area contributed by atoms with Crippen LogP contribution in [-0.2, 0) is 0 Å². The first-order valence-corrected chi connectivity index (χ1v) is 9.48. The molecule has 1 N–H and O–H groups in total. The summed E-state index contributed by atoms with van der Waals surface area (Å²) in [4.78, 5) is 14.9. The molecule has 0 bridgehead atoms. The average Bonchev–Trinajstić information content (AvgIpc) is 2.66. The molecule has 0 aliphatic heterocycles. The van der Waals surface area contributed by atoms with Crippen LogP contribution in [0.5, 0.6) is 5.75 Å². The molecule has 0 radical (unpaired) electrons. The molecule has 0 heterocycles. The van der Waals surface area contributed by atoms with Crippen molar-refractivity contribution in [1.29, 1.82) is 0 Å². The topological polar surface area (TPSA) is 41.6 Å². The molecule has 1 amide bonds. The predicted molar refractivity (Wildman–Crippen MR) is 107 cm³/mol. The summed E-state index contributed by atoms with van der Waals surface area (Å²) >= 11 is 6.41. The Morgan fingerprint density at radius 1 is 1.12 bits per heavy atom. The molecule has 2 aromatic rings. The van der Waals surface area contributed by atoms with E-state index in [1.807, 2.05) is 43.3 Å². The van der Waals surface area contributed by atoms with Gasteiger partial charge in [0.15, 0.2) is 0 Å². The fraction of sp³-hybridized carbons (Fsp3) is 0.381. The number of carbonyl (C=O) groups is 1. The monoisotopic (exact) mass is 374 g/mol. The lowest BCUT2D eigenvalue weighted by molar-refractivity contribution is 0.0934. The average molecular weight is 375 g/mol. The molecule has 5 heteroatoms. The van der Waals surface area contributed by atoms with E-state index in [2.05, 4.69) is 24.1 Å². The van der Waals surface area contributed by atoms with Crippen LogP contribution >= 0.6 is 11.6 Å². The van der Waals surface area contributed by atoms with Gasteiger partial charge >= 0.3 is 0 Å². The minimum Gasteiger partial charge on any atom is -0.494 e. The summed E-state index contributed by atoms with van der Waals surface area (Å²) in [5, 5.41) is 3.77.